The van der Waals surface area contributed by atoms with Crippen LogP contribution in [-0.4, -0.2) is 36.5 Å². The van der Waals surface area contributed by atoms with Gasteiger partial charge >= 0.3 is 6.03 Å². The fraction of sp³-hybridized carbons (Fsp3) is 0.609. The van der Waals surface area contributed by atoms with Crippen molar-refractivity contribution in [3.63, 3.8) is 0 Å². The fourth-order valence-electron chi connectivity index (χ4n) is 5.96. The first-order chi connectivity index (χ1) is 14.5. The monoisotopic (exact) mass is 412 g/mol. The van der Waals surface area contributed by atoms with E-state index < -0.39 is 0 Å². The minimum absolute atomic E-state index is 0.0298. The van der Waals surface area contributed by atoms with Crippen LogP contribution in [0.25, 0.3) is 0 Å². The van der Waals surface area contributed by atoms with Gasteiger partial charge in [0.1, 0.15) is 0 Å². The second kappa shape index (κ2) is 9.06. The van der Waals surface area contributed by atoms with Crippen molar-refractivity contribution in [2.24, 2.45) is 17.8 Å². The highest BCUT2D eigenvalue weighted by molar-refractivity contribution is 5.85. The van der Waals surface area contributed by atoms with E-state index in [-0.39, 0.29) is 42.9 Å². The molecule has 0 aromatic heterocycles. The quantitative estimate of drug-likeness (QED) is 0.526. The lowest BCUT2D eigenvalue weighted by molar-refractivity contribution is -0.126. The number of carbonyl (C=O) groups is 3. The molecular formula is C23H32N4O3. The minimum atomic E-state index is -0.250. The van der Waals surface area contributed by atoms with Crippen molar-refractivity contribution >= 4 is 17.8 Å². The number of amides is 4. The van der Waals surface area contributed by atoms with Crippen molar-refractivity contribution in [1.82, 2.24) is 21.3 Å². The maximum absolute atomic E-state index is 12.4. The summed E-state index contributed by atoms with van der Waals surface area (Å²) in [7, 11) is 0. The molecule has 5 rings (SSSR count). The van der Waals surface area contributed by atoms with Gasteiger partial charge in [0.25, 0.3) is 0 Å². The molecule has 4 aliphatic rings. The zero-order valence-corrected chi connectivity index (χ0v) is 17.4. The molecule has 162 valence electrons. The molecule has 0 heterocycles. The standard InChI is InChI=1S/C23H32N4O3/c28-20(26-15-21(29)25-14-16-4-2-1-3-5-16)6-7-24-22(30)27-23-11-17-8-18(12-23)10-19(9-17)13-23/h1-5,17-19H,6-15H2,(H,25,29)(H,26,28)(H2,24,27,30). The Morgan fingerprint density at radius 3 is 2.10 bits per heavy atom. The molecule has 30 heavy (non-hydrogen) atoms. The summed E-state index contributed by atoms with van der Waals surface area (Å²) >= 11 is 0. The lowest BCUT2D eigenvalue weighted by atomic mass is 9.53. The first-order valence-corrected chi connectivity index (χ1v) is 11.1. The Labute approximate surface area is 177 Å². The van der Waals surface area contributed by atoms with Crippen LogP contribution < -0.4 is 21.3 Å². The van der Waals surface area contributed by atoms with Gasteiger partial charge in [-0.15, -0.1) is 0 Å². The SMILES string of the molecule is O=C(CCNC(=O)NC12CC3CC(CC(C3)C1)C2)NCC(=O)NCc1ccccc1. The van der Waals surface area contributed by atoms with E-state index in [0.29, 0.717) is 6.54 Å². The van der Waals surface area contributed by atoms with Crippen LogP contribution in [0.5, 0.6) is 0 Å². The van der Waals surface area contributed by atoms with Gasteiger partial charge in [0.05, 0.1) is 6.54 Å². The van der Waals surface area contributed by atoms with Crippen molar-refractivity contribution in [2.75, 3.05) is 13.1 Å². The Hall–Kier alpha value is -2.57. The van der Waals surface area contributed by atoms with E-state index in [1.165, 1.54) is 19.3 Å². The van der Waals surface area contributed by atoms with Gasteiger partial charge in [0.2, 0.25) is 11.8 Å². The second-order valence-electron chi connectivity index (χ2n) is 9.37. The van der Waals surface area contributed by atoms with Crippen LogP contribution in [0, 0.1) is 17.8 Å². The van der Waals surface area contributed by atoms with Crippen molar-refractivity contribution in [3.05, 3.63) is 35.9 Å². The van der Waals surface area contributed by atoms with Gasteiger partial charge in [-0.1, -0.05) is 30.3 Å². The third kappa shape index (κ3) is 5.32. The Bertz CT molecular complexity index is 745. The van der Waals surface area contributed by atoms with E-state index in [1.54, 1.807) is 0 Å². The Kier molecular flexibility index (Phi) is 6.25. The first kappa shape index (κ1) is 20.7. The number of benzene rings is 1. The van der Waals surface area contributed by atoms with Gasteiger partial charge in [-0.25, -0.2) is 4.79 Å². The predicted octanol–water partition coefficient (Wildman–Crippen LogP) is 2.08. The summed E-state index contributed by atoms with van der Waals surface area (Å²) in [5.74, 6) is 1.83. The van der Waals surface area contributed by atoms with Gasteiger partial charge in [-0.3, -0.25) is 9.59 Å². The Balaban J connectivity index is 1.10. The molecule has 7 nitrogen and oxygen atoms in total. The number of carbonyl (C=O) groups excluding carboxylic acids is 3. The first-order valence-electron chi connectivity index (χ1n) is 11.1. The van der Waals surface area contributed by atoms with Crippen LogP contribution in [0.2, 0.25) is 0 Å². The summed E-state index contributed by atoms with van der Waals surface area (Å²) in [6.07, 6.45) is 7.46. The molecule has 0 unspecified atom stereocenters. The van der Waals surface area contributed by atoms with Gasteiger partial charge in [-0.2, -0.15) is 0 Å². The molecule has 1 aromatic carbocycles. The van der Waals surface area contributed by atoms with Crippen molar-refractivity contribution in [1.29, 1.82) is 0 Å². The Morgan fingerprint density at radius 2 is 1.47 bits per heavy atom. The second-order valence-corrected chi connectivity index (χ2v) is 9.37. The van der Waals surface area contributed by atoms with Crippen LogP contribution in [0.3, 0.4) is 0 Å². The van der Waals surface area contributed by atoms with Crippen LogP contribution in [0.4, 0.5) is 4.79 Å². The zero-order chi connectivity index (χ0) is 21.0. The highest BCUT2D eigenvalue weighted by atomic mass is 16.2. The molecule has 7 heteroatoms. The molecular weight excluding hydrogens is 380 g/mol. The lowest BCUT2D eigenvalue weighted by Crippen LogP contribution is -2.61. The largest absolute Gasteiger partial charge is 0.350 e. The van der Waals surface area contributed by atoms with Crippen LogP contribution >= 0.6 is 0 Å². The molecule has 1 aromatic rings. The van der Waals surface area contributed by atoms with Crippen molar-refractivity contribution < 1.29 is 14.4 Å². The van der Waals surface area contributed by atoms with E-state index in [2.05, 4.69) is 21.3 Å². The molecule has 4 bridgehead atoms. The minimum Gasteiger partial charge on any atom is -0.350 e. The van der Waals surface area contributed by atoms with E-state index >= 15 is 0 Å². The predicted molar refractivity (Wildman–Crippen MR) is 113 cm³/mol. The van der Waals surface area contributed by atoms with Crippen LogP contribution in [-0.2, 0) is 16.1 Å². The molecule has 0 radical (unpaired) electrons. The van der Waals surface area contributed by atoms with Gasteiger partial charge in [0.15, 0.2) is 0 Å². The topological polar surface area (TPSA) is 99.3 Å². The van der Waals surface area contributed by atoms with Gasteiger partial charge in [0, 0.05) is 25.0 Å². The summed E-state index contributed by atoms with van der Waals surface area (Å²) in [5.41, 5.74) is 0.976. The molecule has 0 spiro atoms. The average Bonchev–Trinajstić information content (AvgIpc) is 2.70. The van der Waals surface area contributed by atoms with E-state index in [9.17, 15) is 14.4 Å². The molecule has 0 atom stereocenters. The highest BCUT2D eigenvalue weighted by Crippen LogP contribution is 2.55. The highest BCUT2D eigenvalue weighted by Gasteiger charge is 2.51. The zero-order valence-electron chi connectivity index (χ0n) is 17.4. The maximum Gasteiger partial charge on any atom is 0.315 e. The molecule has 0 saturated heterocycles. The van der Waals surface area contributed by atoms with Crippen molar-refractivity contribution in [2.45, 2.75) is 57.0 Å². The number of hydrogen-bond donors (Lipinski definition) is 4. The normalized spacial score (nSPS) is 28.6. The molecule has 4 amide bonds. The van der Waals surface area contributed by atoms with E-state index in [4.69, 9.17) is 0 Å². The van der Waals surface area contributed by atoms with Gasteiger partial charge in [-0.05, 0) is 61.8 Å². The average molecular weight is 413 g/mol. The fourth-order valence-corrected chi connectivity index (χ4v) is 5.96. The van der Waals surface area contributed by atoms with E-state index in [0.717, 1.165) is 42.6 Å². The molecule has 0 aliphatic heterocycles. The summed E-state index contributed by atoms with van der Waals surface area (Å²) < 4.78 is 0. The summed E-state index contributed by atoms with van der Waals surface area (Å²) in [6, 6.07) is 9.43. The number of rotatable bonds is 8. The summed E-state index contributed by atoms with van der Waals surface area (Å²) in [6.45, 7) is 0.627. The van der Waals surface area contributed by atoms with Crippen LogP contribution in [0.15, 0.2) is 30.3 Å². The number of urea groups is 1. The maximum atomic E-state index is 12.4. The lowest BCUT2D eigenvalue weighted by Gasteiger charge is -2.56. The third-order valence-electron chi connectivity index (χ3n) is 6.83. The molecule has 4 saturated carbocycles. The van der Waals surface area contributed by atoms with Crippen LogP contribution in [0.1, 0.15) is 50.5 Å². The number of hydrogen-bond acceptors (Lipinski definition) is 3. The molecule has 4 fully saturated rings. The molecule has 4 aliphatic carbocycles. The van der Waals surface area contributed by atoms with Crippen molar-refractivity contribution in [3.8, 4) is 0 Å². The Morgan fingerprint density at radius 1 is 0.833 bits per heavy atom. The third-order valence-corrected chi connectivity index (χ3v) is 6.83. The summed E-state index contributed by atoms with van der Waals surface area (Å²) in [5, 5.41) is 11.4. The smallest absolute Gasteiger partial charge is 0.315 e. The van der Waals surface area contributed by atoms with Gasteiger partial charge < -0.3 is 21.3 Å². The molecule has 4 N–H and O–H groups in total. The van der Waals surface area contributed by atoms with E-state index in [1.807, 2.05) is 30.3 Å². The summed E-state index contributed by atoms with van der Waals surface area (Å²) in [4.78, 5) is 36.2. The number of nitrogens with one attached hydrogen (secondary N) is 4.